The van der Waals surface area contributed by atoms with Crippen LogP contribution in [0.1, 0.15) is 31.4 Å². The number of rotatable bonds is 11. The summed E-state index contributed by atoms with van der Waals surface area (Å²) in [6, 6.07) is 20.8. The van der Waals surface area contributed by atoms with Crippen molar-refractivity contribution in [3.8, 4) is 11.5 Å². The summed E-state index contributed by atoms with van der Waals surface area (Å²) in [7, 11) is 1.58. The van der Waals surface area contributed by atoms with Gasteiger partial charge in [0.25, 0.3) is 0 Å². The van der Waals surface area contributed by atoms with Gasteiger partial charge in [0.2, 0.25) is 11.8 Å². The third kappa shape index (κ3) is 6.07. The molecule has 10 heteroatoms. The van der Waals surface area contributed by atoms with Gasteiger partial charge in [0.05, 0.1) is 25.3 Å². The Morgan fingerprint density at radius 3 is 2.52 bits per heavy atom. The van der Waals surface area contributed by atoms with Crippen molar-refractivity contribution < 1.29 is 23.8 Å². The van der Waals surface area contributed by atoms with Gasteiger partial charge in [-0.2, -0.15) is 0 Å². The quantitative estimate of drug-likeness (QED) is 0.306. The average molecular weight is 544 g/mol. The van der Waals surface area contributed by atoms with Crippen LogP contribution in [0.2, 0.25) is 0 Å². The Morgan fingerprint density at radius 2 is 1.82 bits per heavy atom. The predicted molar refractivity (Wildman–Crippen MR) is 150 cm³/mol. The van der Waals surface area contributed by atoms with Gasteiger partial charge in [-0.1, -0.05) is 29.5 Å². The van der Waals surface area contributed by atoms with Crippen molar-refractivity contribution in [3.05, 3.63) is 78.4 Å². The number of nitrogens with one attached hydrogen (secondary N) is 1. The second-order valence-electron chi connectivity index (χ2n) is 9.48. The summed E-state index contributed by atoms with van der Waals surface area (Å²) in [5.74, 6) is 0.680. The number of aromatic nitrogens is 3. The molecule has 2 atom stereocenters. The highest BCUT2D eigenvalue weighted by Crippen LogP contribution is 2.31. The summed E-state index contributed by atoms with van der Waals surface area (Å²) in [6.45, 7) is 3.37. The molecular formula is C30H33N5O5. The van der Waals surface area contributed by atoms with Crippen LogP contribution in [0.25, 0.3) is 11.0 Å². The molecule has 1 saturated heterocycles. The average Bonchev–Trinajstić information content (AvgIpc) is 3.66. The van der Waals surface area contributed by atoms with E-state index in [0.717, 1.165) is 18.4 Å². The zero-order chi connectivity index (χ0) is 27.9. The Balaban J connectivity index is 1.53. The first-order valence-electron chi connectivity index (χ1n) is 13.4. The van der Waals surface area contributed by atoms with Crippen molar-refractivity contribution in [1.82, 2.24) is 20.3 Å². The van der Waals surface area contributed by atoms with E-state index in [1.807, 2.05) is 43.3 Å². The van der Waals surface area contributed by atoms with Crippen LogP contribution in [0.4, 0.5) is 5.69 Å². The Labute approximate surface area is 232 Å². The van der Waals surface area contributed by atoms with Crippen molar-refractivity contribution in [2.75, 3.05) is 31.8 Å². The van der Waals surface area contributed by atoms with Crippen LogP contribution >= 0.6 is 0 Å². The summed E-state index contributed by atoms with van der Waals surface area (Å²) < 4.78 is 18.2. The number of fused-ring (bicyclic) bond motifs is 1. The number of carbonyl (C=O) groups is 2. The maximum absolute atomic E-state index is 14.1. The molecule has 0 spiro atoms. The molecule has 0 radical (unpaired) electrons. The lowest BCUT2D eigenvalue weighted by atomic mass is 10.0. The van der Waals surface area contributed by atoms with Gasteiger partial charge in [-0.25, -0.2) is 4.68 Å². The standard InChI is InChI=1S/C30H33N5O5/c1-3-39-24-14-10-21(11-15-24)29(30(37)31-19-25-7-6-18-40-25)35(22-12-16-23(38-2)17-13-22)28(36)20-34-27-9-5-4-8-26(27)32-33-34/h4-5,8-17,25,29H,3,6-7,18-20H2,1-2H3,(H,31,37)/t25-,29+/m1/s1. The summed E-state index contributed by atoms with van der Waals surface area (Å²) in [5, 5.41) is 11.4. The van der Waals surface area contributed by atoms with Crippen molar-refractivity contribution in [2.24, 2.45) is 0 Å². The minimum absolute atomic E-state index is 0.0448. The number of amides is 2. The third-order valence-electron chi connectivity index (χ3n) is 6.87. The first-order chi connectivity index (χ1) is 19.6. The first-order valence-corrected chi connectivity index (χ1v) is 13.4. The molecular weight excluding hydrogens is 510 g/mol. The molecule has 0 bridgehead atoms. The van der Waals surface area contributed by atoms with Crippen molar-refractivity contribution in [1.29, 1.82) is 0 Å². The second-order valence-corrected chi connectivity index (χ2v) is 9.48. The van der Waals surface area contributed by atoms with E-state index in [1.54, 1.807) is 48.2 Å². The van der Waals surface area contributed by atoms with E-state index >= 15 is 0 Å². The van der Waals surface area contributed by atoms with Crippen LogP contribution in [0.5, 0.6) is 11.5 Å². The molecule has 0 aliphatic carbocycles. The molecule has 40 heavy (non-hydrogen) atoms. The molecule has 2 amide bonds. The summed E-state index contributed by atoms with van der Waals surface area (Å²) in [5.41, 5.74) is 2.59. The van der Waals surface area contributed by atoms with Gasteiger partial charge in [-0.15, -0.1) is 5.10 Å². The zero-order valence-electron chi connectivity index (χ0n) is 22.7. The summed E-state index contributed by atoms with van der Waals surface area (Å²) in [6.07, 6.45) is 1.80. The first kappa shape index (κ1) is 27.1. The SMILES string of the molecule is CCOc1ccc([C@@H](C(=O)NC[C@H]2CCCO2)N(C(=O)Cn2nnc3ccccc32)c2ccc(OC)cc2)cc1. The topological polar surface area (TPSA) is 108 Å². The number of benzene rings is 3. The molecule has 0 unspecified atom stereocenters. The molecule has 2 heterocycles. The molecule has 1 aliphatic heterocycles. The van der Waals surface area contributed by atoms with E-state index in [-0.39, 0.29) is 24.5 Å². The van der Waals surface area contributed by atoms with Gasteiger partial charge in [0.1, 0.15) is 29.6 Å². The molecule has 1 fully saturated rings. The zero-order valence-corrected chi connectivity index (χ0v) is 22.7. The molecule has 10 nitrogen and oxygen atoms in total. The molecule has 1 aromatic heterocycles. The number of anilines is 1. The number of methoxy groups -OCH3 is 1. The van der Waals surface area contributed by atoms with Crippen LogP contribution in [0, 0.1) is 0 Å². The van der Waals surface area contributed by atoms with Crippen LogP contribution in [0.15, 0.2) is 72.8 Å². The van der Waals surface area contributed by atoms with Gasteiger partial charge in [-0.3, -0.25) is 14.5 Å². The van der Waals surface area contributed by atoms with Crippen LogP contribution in [-0.4, -0.2) is 59.8 Å². The third-order valence-corrected chi connectivity index (χ3v) is 6.87. The second kappa shape index (κ2) is 12.6. The fraction of sp³-hybridized carbons (Fsp3) is 0.333. The minimum Gasteiger partial charge on any atom is -0.497 e. The van der Waals surface area contributed by atoms with Crippen LogP contribution in [-0.2, 0) is 20.9 Å². The van der Waals surface area contributed by atoms with E-state index in [4.69, 9.17) is 14.2 Å². The highest BCUT2D eigenvalue weighted by atomic mass is 16.5. The lowest BCUT2D eigenvalue weighted by Crippen LogP contribution is -2.46. The van der Waals surface area contributed by atoms with Gasteiger partial charge in [-0.05, 0) is 73.9 Å². The van der Waals surface area contributed by atoms with E-state index in [1.165, 1.54) is 4.90 Å². The number of carbonyl (C=O) groups excluding carboxylic acids is 2. The smallest absolute Gasteiger partial charge is 0.249 e. The Morgan fingerprint density at radius 1 is 1.07 bits per heavy atom. The largest absolute Gasteiger partial charge is 0.497 e. The van der Waals surface area contributed by atoms with Gasteiger partial charge >= 0.3 is 0 Å². The van der Waals surface area contributed by atoms with E-state index in [9.17, 15) is 9.59 Å². The number of ether oxygens (including phenoxy) is 3. The fourth-order valence-corrected chi connectivity index (χ4v) is 4.87. The molecule has 4 aromatic rings. The lowest BCUT2D eigenvalue weighted by molar-refractivity contribution is -0.127. The number of hydrogen-bond acceptors (Lipinski definition) is 7. The van der Waals surface area contributed by atoms with E-state index in [2.05, 4.69) is 15.6 Å². The summed E-state index contributed by atoms with van der Waals surface area (Å²) >= 11 is 0. The van der Waals surface area contributed by atoms with Gasteiger partial charge in [0.15, 0.2) is 0 Å². The maximum Gasteiger partial charge on any atom is 0.249 e. The Bertz CT molecular complexity index is 1430. The van der Waals surface area contributed by atoms with Gasteiger partial charge < -0.3 is 19.5 Å². The van der Waals surface area contributed by atoms with E-state index < -0.39 is 6.04 Å². The molecule has 5 rings (SSSR count). The molecule has 0 saturated carbocycles. The number of para-hydroxylation sites is 1. The number of nitrogens with zero attached hydrogens (tertiary/aromatic N) is 4. The monoisotopic (exact) mass is 543 g/mol. The number of hydrogen-bond donors (Lipinski definition) is 1. The Hall–Kier alpha value is -4.44. The van der Waals surface area contributed by atoms with Gasteiger partial charge in [0, 0.05) is 18.8 Å². The molecule has 1 aliphatic rings. The van der Waals surface area contributed by atoms with Crippen LogP contribution < -0.4 is 19.7 Å². The molecule has 208 valence electrons. The van der Waals surface area contributed by atoms with Crippen molar-refractivity contribution >= 4 is 28.5 Å². The highest BCUT2D eigenvalue weighted by Gasteiger charge is 2.34. The molecule has 3 aromatic carbocycles. The fourth-order valence-electron chi connectivity index (χ4n) is 4.87. The maximum atomic E-state index is 14.1. The van der Waals surface area contributed by atoms with Crippen LogP contribution in [0.3, 0.4) is 0 Å². The minimum atomic E-state index is -0.965. The Kier molecular flexibility index (Phi) is 8.56. The van der Waals surface area contributed by atoms with Crippen molar-refractivity contribution in [2.45, 2.75) is 38.5 Å². The van der Waals surface area contributed by atoms with Crippen molar-refractivity contribution in [3.63, 3.8) is 0 Å². The normalized spacial score (nSPS) is 15.5. The lowest BCUT2D eigenvalue weighted by Gasteiger charge is -2.32. The summed E-state index contributed by atoms with van der Waals surface area (Å²) in [4.78, 5) is 29.6. The predicted octanol–water partition coefficient (Wildman–Crippen LogP) is 3.91. The van der Waals surface area contributed by atoms with E-state index in [0.29, 0.717) is 48.0 Å². The highest BCUT2D eigenvalue weighted by molar-refractivity contribution is 6.01. The molecule has 1 N–H and O–H groups in total.